The van der Waals surface area contributed by atoms with E-state index in [1.807, 2.05) is 6.92 Å². The number of piperidine rings is 1. The van der Waals surface area contributed by atoms with Crippen molar-refractivity contribution in [2.45, 2.75) is 70.3 Å². The first-order chi connectivity index (χ1) is 10.9. The first kappa shape index (κ1) is 16.9. The topological polar surface area (TPSA) is 70.6 Å². The Morgan fingerprint density at radius 3 is 2.96 bits per heavy atom. The maximum absolute atomic E-state index is 11.8. The Morgan fingerprint density at radius 1 is 1.52 bits per heavy atom. The van der Waals surface area contributed by atoms with Gasteiger partial charge in [0.25, 0.3) is 0 Å². The molecular formula is C18H30N2O3. The highest BCUT2D eigenvalue weighted by molar-refractivity contribution is 5.73. The van der Waals surface area contributed by atoms with Crippen LogP contribution in [0.5, 0.6) is 0 Å². The van der Waals surface area contributed by atoms with Crippen molar-refractivity contribution in [3.63, 3.8) is 0 Å². The Hall–Kier alpha value is -0.910. The monoisotopic (exact) mass is 322 g/mol. The van der Waals surface area contributed by atoms with Gasteiger partial charge in [0.2, 0.25) is 5.91 Å². The molecule has 3 rings (SSSR count). The van der Waals surface area contributed by atoms with Crippen molar-refractivity contribution < 1.29 is 14.6 Å². The summed E-state index contributed by atoms with van der Waals surface area (Å²) < 4.78 is 6.41. The minimum atomic E-state index is -0.568. The summed E-state index contributed by atoms with van der Waals surface area (Å²) in [5.74, 6) is 0.573. The first-order valence-corrected chi connectivity index (χ1v) is 8.90. The predicted molar refractivity (Wildman–Crippen MR) is 89.0 cm³/mol. The molecule has 6 atom stereocenters. The third-order valence-corrected chi connectivity index (χ3v) is 5.97. The van der Waals surface area contributed by atoms with Crippen LogP contribution in [0, 0.1) is 11.8 Å². The van der Waals surface area contributed by atoms with Gasteiger partial charge in [-0.3, -0.25) is 4.79 Å². The largest absolute Gasteiger partial charge is 0.386 e. The van der Waals surface area contributed by atoms with Gasteiger partial charge in [0.15, 0.2) is 0 Å². The fourth-order valence-corrected chi connectivity index (χ4v) is 4.68. The minimum Gasteiger partial charge on any atom is -0.386 e. The predicted octanol–water partition coefficient (Wildman–Crippen LogP) is 1.37. The zero-order chi connectivity index (χ0) is 16.6. The van der Waals surface area contributed by atoms with Crippen LogP contribution in [0.2, 0.25) is 0 Å². The van der Waals surface area contributed by atoms with Crippen LogP contribution in [0.3, 0.4) is 0 Å². The lowest BCUT2D eigenvalue weighted by Gasteiger charge is -2.53. The number of carbonyl (C=O) groups excluding carboxylic acids is 1. The molecule has 0 aromatic heterocycles. The van der Waals surface area contributed by atoms with E-state index in [9.17, 15) is 9.90 Å². The lowest BCUT2D eigenvalue weighted by atomic mass is 9.67. The van der Waals surface area contributed by atoms with Crippen LogP contribution in [0.15, 0.2) is 11.6 Å². The average molecular weight is 322 g/mol. The molecule has 1 amide bonds. The maximum Gasteiger partial charge on any atom is 0.217 e. The van der Waals surface area contributed by atoms with E-state index in [1.165, 1.54) is 0 Å². The van der Waals surface area contributed by atoms with Gasteiger partial charge >= 0.3 is 0 Å². The van der Waals surface area contributed by atoms with Crippen LogP contribution in [0.25, 0.3) is 0 Å². The number of hydrogen-bond donors (Lipinski definition) is 3. The van der Waals surface area contributed by atoms with E-state index in [0.29, 0.717) is 5.92 Å². The zero-order valence-corrected chi connectivity index (χ0v) is 14.5. The fourth-order valence-electron chi connectivity index (χ4n) is 4.68. The van der Waals surface area contributed by atoms with Gasteiger partial charge in [-0.25, -0.2) is 0 Å². The molecule has 0 bridgehead atoms. The van der Waals surface area contributed by atoms with Crippen LogP contribution in [0.4, 0.5) is 0 Å². The second-order valence-corrected chi connectivity index (χ2v) is 7.78. The van der Waals surface area contributed by atoms with Gasteiger partial charge in [0.05, 0.1) is 12.2 Å². The third-order valence-electron chi connectivity index (χ3n) is 5.97. The van der Waals surface area contributed by atoms with Crippen LogP contribution in [0.1, 0.15) is 46.5 Å². The molecular weight excluding hydrogens is 292 g/mol. The molecule has 0 saturated carbocycles. The Labute approximate surface area is 138 Å². The number of carbonyl (C=O) groups is 1. The van der Waals surface area contributed by atoms with Crippen molar-refractivity contribution in [3.05, 3.63) is 11.6 Å². The number of ether oxygens (including phenoxy) is 1. The molecule has 0 unspecified atom stereocenters. The van der Waals surface area contributed by atoms with Crippen LogP contribution >= 0.6 is 0 Å². The quantitative estimate of drug-likeness (QED) is 0.672. The van der Waals surface area contributed by atoms with Crippen LogP contribution in [-0.2, 0) is 9.53 Å². The molecule has 2 aliphatic heterocycles. The number of aliphatic hydroxyl groups excluding tert-OH is 1. The lowest BCUT2D eigenvalue weighted by Crippen LogP contribution is -2.65. The highest BCUT2D eigenvalue weighted by Crippen LogP contribution is 2.44. The molecule has 3 aliphatic rings. The first-order valence-electron chi connectivity index (χ1n) is 8.90. The summed E-state index contributed by atoms with van der Waals surface area (Å²) in [6.07, 6.45) is 5.37. The number of allylic oxidation sites excluding steroid dienone is 1. The summed E-state index contributed by atoms with van der Waals surface area (Å²) in [5, 5.41) is 17.3. The van der Waals surface area contributed by atoms with Crippen molar-refractivity contribution >= 4 is 5.91 Å². The summed E-state index contributed by atoms with van der Waals surface area (Å²) >= 11 is 0. The smallest absolute Gasteiger partial charge is 0.217 e. The van der Waals surface area contributed by atoms with Crippen molar-refractivity contribution in [3.8, 4) is 0 Å². The van der Waals surface area contributed by atoms with Gasteiger partial charge in [-0.2, -0.15) is 0 Å². The Bertz CT molecular complexity index is 487. The van der Waals surface area contributed by atoms with Gasteiger partial charge in [0, 0.05) is 24.9 Å². The molecule has 130 valence electrons. The van der Waals surface area contributed by atoms with E-state index >= 15 is 0 Å². The second-order valence-electron chi connectivity index (χ2n) is 7.78. The minimum absolute atomic E-state index is 0.00515. The summed E-state index contributed by atoms with van der Waals surface area (Å²) in [5.41, 5.74) is 0.661. The van der Waals surface area contributed by atoms with E-state index in [4.69, 9.17) is 4.74 Å². The van der Waals surface area contributed by atoms with Crippen molar-refractivity contribution in [1.82, 2.24) is 10.6 Å². The number of fused-ring (bicyclic) bond motifs is 1. The molecule has 5 nitrogen and oxygen atoms in total. The molecule has 0 spiro atoms. The van der Waals surface area contributed by atoms with E-state index in [2.05, 4.69) is 23.6 Å². The van der Waals surface area contributed by atoms with Gasteiger partial charge in [-0.15, -0.1) is 0 Å². The van der Waals surface area contributed by atoms with Gasteiger partial charge < -0.3 is 20.5 Å². The number of nitrogens with one attached hydrogen (secondary N) is 2. The van der Waals surface area contributed by atoms with Crippen molar-refractivity contribution in [2.24, 2.45) is 11.8 Å². The molecule has 5 heteroatoms. The Morgan fingerprint density at radius 2 is 2.30 bits per heavy atom. The molecule has 2 heterocycles. The summed E-state index contributed by atoms with van der Waals surface area (Å²) in [4.78, 5) is 11.8. The SMILES string of the molecule is CC(=O)N[C@@]1(C)C[C@@H]([C@@H]2CCCNC2)O[C@H]2[C@H](O)C(C)=CC[C@H]21. The fraction of sp³-hybridized carbons (Fsp3) is 0.833. The van der Waals surface area contributed by atoms with Crippen LogP contribution < -0.4 is 10.6 Å². The summed E-state index contributed by atoms with van der Waals surface area (Å²) in [6.45, 7) is 7.70. The molecule has 0 aromatic rings. The van der Waals surface area contributed by atoms with Gasteiger partial charge in [-0.1, -0.05) is 6.08 Å². The van der Waals surface area contributed by atoms with Crippen molar-refractivity contribution in [1.29, 1.82) is 0 Å². The lowest BCUT2D eigenvalue weighted by molar-refractivity contribution is -0.178. The van der Waals surface area contributed by atoms with E-state index in [-0.39, 0.29) is 29.6 Å². The van der Waals surface area contributed by atoms with E-state index in [1.54, 1.807) is 6.92 Å². The van der Waals surface area contributed by atoms with E-state index < -0.39 is 6.10 Å². The summed E-state index contributed by atoms with van der Waals surface area (Å²) in [7, 11) is 0. The normalized spacial score (nSPS) is 44.2. The van der Waals surface area contributed by atoms with Crippen LogP contribution in [-0.4, -0.2) is 48.0 Å². The Balaban J connectivity index is 1.86. The Kier molecular flexibility index (Phi) is 4.81. The molecule has 2 fully saturated rings. The molecule has 1 aliphatic carbocycles. The second kappa shape index (κ2) is 6.54. The molecule has 0 radical (unpaired) electrons. The van der Waals surface area contributed by atoms with Crippen molar-refractivity contribution in [2.75, 3.05) is 13.1 Å². The van der Waals surface area contributed by atoms with Gasteiger partial charge in [0.1, 0.15) is 6.10 Å². The molecule has 2 saturated heterocycles. The number of amides is 1. The third kappa shape index (κ3) is 3.32. The zero-order valence-electron chi connectivity index (χ0n) is 14.5. The highest BCUT2D eigenvalue weighted by atomic mass is 16.5. The average Bonchev–Trinajstić information content (AvgIpc) is 2.51. The summed E-state index contributed by atoms with van der Waals surface area (Å²) in [6, 6.07) is 0. The van der Waals surface area contributed by atoms with E-state index in [0.717, 1.165) is 44.3 Å². The number of rotatable bonds is 2. The molecule has 0 aromatic carbocycles. The number of aliphatic hydroxyl groups is 1. The van der Waals surface area contributed by atoms with Gasteiger partial charge in [-0.05, 0) is 57.6 Å². The maximum atomic E-state index is 11.8. The standard InChI is InChI=1S/C18H30N2O3/c1-11-6-7-14-17(16(11)22)23-15(13-5-4-8-19-10-13)9-18(14,3)20-12(2)21/h6,13-17,19,22H,4-5,7-10H2,1-3H3,(H,20,21)/t13-,14-,15+,16-,17-,18+/m1/s1. The molecule has 23 heavy (non-hydrogen) atoms. The number of hydrogen-bond acceptors (Lipinski definition) is 4. The molecule has 3 N–H and O–H groups in total. The highest BCUT2D eigenvalue weighted by Gasteiger charge is 2.51.